The standard InChI is InChI=1S/C12H8F3N5S/c13-12(14,15)10-18-11(21-19-10)20-6-8(5-17-20)7-1-3-9(16)4-2-7/h1-6H,16H2. The van der Waals surface area contributed by atoms with E-state index in [0.29, 0.717) is 17.2 Å². The first-order chi connectivity index (χ1) is 9.93. The summed E-state index contributed by atoms with van der Waals surface area (Å²) in [6, 6.07) is 7.08. The van der Waals surface area contributed by atoms with Gasteiger partial charge in [0.25, 0.3) is 0 Å². The molecule has 5 nitrogen and oxygen atoms in total. The summed E-state index contributed by atoms with van der Waals surface area (Å²) in [4.78, 5) is 3.44. The van der Waals surface area contributed by atoms with Gasteiger partial charge in [0, 0.05) is 29.0 Å². The average molecular weight is 311 g/mol. The van der Waals surface area contributed by atoms with Crippen LogP contribution in [-0.2, 0) is 6.18 Å². The summed E-state index contributed by atoms with van der Waals surface area (Å²) in [5, 5.41) is 4.07. The van der Waals surface area contributed by atoms with Gasteiger partial charge < -0.3 is 5.73 Å². The van der Waals surface area contributed by atoms with Crippen molar-refractivity contribution in [2.75, 3.05) is 5.73 Å². The molecule has 21 heavy (non-hydrogen) atoms. The van der Waals surface area contributed by atoms with Gasteiger partial charge >= 0.3 is 6.18 Å². The number of anilines is 1. The van der Waals surface area contributed by atoms with Crippen molar-refractivity contribution in [1.82, 2.24) is 19.1 Å². The molecule has 0 amide bonds. The van der Waals surface area contributed by atoms with E-state index >= 15 is 0 Å². The maximum Gasteiger partial charge on any atom is 0.452 e. The molecule has 2 heterocycles. The maximum atomic E-state index is 12.5. The van der Waals surface area contributed by atoms with Crippen LogP contribution < -0.4 is 5.73 Å². The van der Waals surface area contributed by atoms with E-state index in [1.54, 1.807) is 36.7 Å². The normalized spacial score (nSPS) is 11.8. The van der Waals surface area contributed by atoms with Gasteiger partial charge in [-0.15, -0.1) is 0 Å². The molecule has 108 valence electrons. The lowest BCUT2D eigenvalue weighted by molar-refractivity contribution is -0.144. The van der Waals surface area contributed by atoms with E-state index in [9.17, 15) is 13.2 Å². The molecule has 0 atom stereocenters. The highest BCUT2D eigenvalue weighted by atomic mass is 32.1. The fourth-order valence-corrected chi connectivity index (χ4v) is 2.30. The van der Waals surface area contributed by atoms with E-state index in [2.05, 4.69) is 14.5 Å². The Hall–Kier alpha value is -2.42. The molecule has 0 saturated heterocycles. The van der Waals surface area contributed by atoms with Crippen LogP contribution in [0.2, 0.25) is 0 Å². The lowest BCUT2D eigenvalue weighted by Gasteiger charge is -1.98. The van der Waals surface area contributed by atoms with Crippen LogP contribution in [0.25, 0.3) is 16.3 Å². The minimum atomic E-state index is -4.55. The van der Waals surface area contributed by atoms with Crippen LogP contribution in [0.1, 0.15) is 5.82 Å². The quantitative estimate of drug-likeness (QED) is 0.739. The number of rotatable bonds is 2. The SMILES string of the molecule is Nc1ccc(-c2cnn(-c3nc(C(F)(F)F)ns3)c2)cc1. The van der Waals surface area contributed by atoms with E-state index in [1.165, 1.54) is 4.68 Å². The van der Waals surface area contributed by atoms with Crippen LogP contribution in [0.3, 0.4) is 0 Å². The molecule has 9 heteroatoms. The maximum absolute atomic E-state index is 12.5. The second-order valence-corrected chi connectivity index (χ2v) is 4.92. The zero-order chi connectivity index (χ0) is 15.0. The van der Waals surface area contributed by atoms with Crippen molar-refractivity contribution >= 4 is 17.2 Å². The molecule has 0 unspecified atom stereocenters. The van der Waals surface area contributed by atoms with Gasteiger partial charge in [-0.1, -0.05) is 12.1 Å². The number of hydrogen-bond donors (Lipinski definition) is 1. The highest BCUT2D eigenvalue weighted by molar-refractivity contribution is 7.08. The van der Waals surface area contributed by atoms with E-state index in [1.807, 2.05) is 0 Å². The first-order valence-corrected chi connectivity index (χ1v) is 6.53. The molecule has 0 aliphatic heterocycles. The van der Waals surface area contributed by atoms with E-state index in [-0.39, 0.29) is 5.13 Å². The monoisotopic (exact) mass is 311 g/mol. The molecule has 2 aromatic heterocycles. The van der Waals surface area contributed by atoms with Crippen LogP contribution in [0.15, 0.2) is 36.7 Å². The summed E-state index contributed by atoms with van der Waals surface area (Å²) in [5.74, 6) is -1.16. The van der Waals surface area contributed by atoms with Crippen molar-refractivity contribution in [2.45, 2.75) is 6.18 Å². The van der Waals surface area contributed by atoms with Crippen molar-refractivity contribution in [3.8, 4) is 16.3 Å². The smallest absolute Gasteiger partial charge is 0.399 e. The lowest BCUT2D eigenvalue weighted by Crippen LogP contribution is -2.07. The van der Waals surface area contributed by atoms with Gasteiger partial charge in [0.2, 0.25) is 11.0 Å². The zero-order valence-corrected chi connectivity index (χ0v) is 11.2. The summed E-state index contributed by atoms with van der Waals surface area (Å²) in [5.41, 5.74) is 7.84. The van der Waals surface area contributed by atoms with Crippen LogP contribution in [0.5, 0.6) is 0 Å². The van der Waals surface area contributed by atoms with Gasteiger partial charge in [0.1, 0.15) is 0 Å². The minimum Gasteiger partial charge on any atom is -0.399 e. The van der Waals surface area contributed by atoms with E-state index in [4.69, 9.17) is 5.73 Å². The fourth-order valence-electron chi connectivity index (χ4n) is 1.68. The highest BCUT2D eigenvalue weighted by Gasteiger charge is 2.36. The lowest BCUT2D eigenvalue weighted by atomic mass is 10.1. The predicted molar refractivity (Wildman–Crippen MR) is 71.9 cm³/mol. The van der Waals surface area contributed by atoms with E-state index in [0.717, 1.165) is 11.1 Å². The summed E-state index contributed by atoms with van der Waals surface area (Å²) in [7, 11) is 0. The van der Waals surface area contributed by atoms with Gasteiger partial charge in [0.15, 0.2) is 0 Å². The Morgan fingerprint density at radius 2 is 1.81 bits per heavy atom. The molecule has 1 aromatic carbocycles. The summed E-state index contributed by atoms with van der Waals surface area (Å²) in [6.07, 6.45) is -1.42. The molecule has 0 bridgehead atoms. The molecule has 3 aromatic rings. The molecule has 3 rings (SSSR count). The van der Waals surface area contributed by atoms with Gasteiger partial charge in [0.05, 0.1) is 6.20 Å². The van der Waals surface area contributed by atoms with Gasteiger partial charge in [-0.2, -0.15) is 27.6 Å². The van der Waals surface area contributed by atoms with Crippen molar-refractivity contribution in [1.29, 1.82) is 0 Å². The molecule has 0 spiro atoms. The first kappa shape index (κ1) is 13.6. The highest BCUT2D eigenvalue weighted by Crippen LogP contribution is 2.29. The Morgan fingerprint density at radius 3 is 2.43 bits per heavy atom. The topological polar surface area (TPSA) is 69.6 Å². The van der Waals surface area contributed by atoms with Crippen LogP contribution in [0.4, 0.5) is 18.9 Å². The molecular weight excluding hydrogens is 303 g/mol. The van der Waals surface area contributed by atoms with E-state index < -0.39 is 12.0 Å². The van der Waals surface area contributed by atoms with Crippen molar-refractivity contribution in [3.05, 3.63) is 42.5 Å². The van der Waals surface area contributed by atoms with Gasteiger partial charge in [-0.25, -0.2) is 4.68 Å². The van der Waals surface area contributed by atoms with Gasteiger partial charge in [-0.05, 0) is 17.7 Å². The Labute approximate surface area is 121 Å². The molecule has 0 aliphatic carbocycles. The van der Waals surface area contributed by atoms with Crippen molar-refractivity contribution in [2.24, 2.45) is 0 Å². The number of nitrogens with zero attached hydrogens (tertiary/aromatic N) is 4. The second kappa shape index (κ2) is 4.85. The fraction of sp³-hybridized carbons (Fsp3) is 0.0833. The number of nitrogen functional groups attached to an aromatic ring is 1. The third-order valence-electron chi connectivity index (χ3n) is 2.69. The molecule has 0 radical (unpaired) electrons. The second-order valence-electron chi connectivity index (χ2n) is 4.19. The van der Waals surface area contributed by atoms with Crippen LogP contribution in [-0.4, -0.2) is 19.1 Å². The summed E-state index contributed by atoms with van der Waals surface area (Å²) in [6.45, 7) is 0. The molecule has 2 N–H and O–H groups in total. The predicted octanol–water partition coefficient (Wildman–Crippen LogP) is 2.99. The number of benzene rings is 1. The number of hydrogen-bond acceptors (Lipinski definition) is 5. The van der Waals surface area contributed by atoms with Crippen molar-refractivity contribution in [3.63, 3.8) is 0 Å². The third kappa shape index (κ3) is 2.72. The first-order valence-electron chi connectivity index (χ1n) is 5.75. The number of halogens is 3. The molecule has 0 saturated carbocycles. The molecular formula is C12H8F3N5S. The van der Waals surface area contributed by atoms with Crippen LogP contribution in [0, 0.1) is 0 Å². The third-order valence-corrected chi connectivity index (χ3v) is 3.40. The summed E-state index contributed by atoms with van der Waals surface area (Å²) < 4.78 is 41.9. The number of aromatic nitrogens is 4. The largest absolute Gasteiger partial charge is 0.452 e. The van der Waals surface area contributed by atoms with Crippen LogP contribution >= 0.6 is 11.5 Å². The Kier molecular flexibility index (Phi) is 3.13. The Bertz CT molecular complexity index is 760. The average Bonchev–Trinajstić information content (AvgIpc) is 3.07. The summed E-state index contributed by atoms with van der Waals surface area (Å²) >= 11 is 0.640. The Balaban J connectivity index is 1.91. The number of nitrogens with two attached hydrogens (primary N) is 1. The minimum absolute atomic E-state index is 0.0593. The molecule has 0 fully saturated rings. The van der Waals surface area contributed by atoms with Gasteiger partial charge in [-0.3, -0.25) is 0 Å². The Morgan fingerprint density at radius 1 is 1.10 bits per heavy atom. The van der Waals surface area contributed by atoms with Crippen molar-refractivity contribution < 1.29 is 13.2 Å². The molecule has 0 aliphatic rings. The zero-order valence-electron chi connectivity index (χ0n) is 10.4. The number of alkyl halides is 3.